The van der Waals surface area contributed by atoms with Crippen LogP contribution in [0.5, 0.6) is 5.75 Å². The van der Waals surface area contributed by atoms with Crippen molar-refractivity contribution in [1.29, 1.82) is 5.26 Å². The van der Waals surface area contributed by atoms with Crippen LogP contribution in [0.3, 0.4) is 0 Å². The molecule has 0 bridgehead atoms. The molecule has 0 aliphatic rings. The molecule has 4 nitrogen and oxygen atoms in total. The molecule has 0 fully saturated rings. The number of hydrogen-bond donors (Lipinski definition) is 0. The minimum atomic E-state index is -0.346. The first kappa shape index (κ1) is 13.6. The molecule has 0 aliphatic heterocycles. The van der Waals surface area contributed by atoms with E-state index in [-0.39, 0.29) is 11.4 Å². The highest BCUT2D eigenvalue weighted by Gasteiger charge is 2.16. The molecular formula is C16H13NO3. The Bertz CT molecular complexity index is 705. The zero-order valence-corrected chi connectivity index (χ0v) is 11.2. The highest BCUT2D eigenvalue weighted by Crippen LogP contribution is 2.19. The van der Waals surface area contributed by atoms with Gasteiger partial charge in [0.1, 0.15) is 23.2 Å². The van der Waals surface area contributed by atoms with Crippen LogP contribution >= 0.6 is 0 Å². The molecule has 0 aliphatic carbocycles. The quantitative estimate of drug-likeness (QED) is 0.484. The molecule has 4 heteroatoms. The van der Waals surface area contributed by atoms with Crippen molar-refractivity contribution >= 4 is 11.9 Å². The van der Waals surface area contributed by atoms with Crippen LogP contribution in [0.15, 0.2) is 46.6 Å². The molecule has 2 aromatic rings. The number of nitrogens with zero attached hydrogens (tertiary/aromatic N) is 1. The second-order valence-electron chi connectivity index (χ2n) is 4.17. The van der Waals surface area contributed by atoms with Crippen LogP contribution in [-0.4, -0.2) is 12.9 Å². The maximum Gasteiger partial charge on any atom is 0.207 e. The number of Topliss-reactive ketones (excluding diaryl/α,β-unsaturated/α-hetero) is 1. The van der Waals surface area contributed by atoms with E-state index in [0.29, 0.717) is 17.1 Å². The summed E-state index contributed by atoms with van der Waals surface area (Å²) in [6.45, 7) is 1.69. The van der Waals surface area contributed by atoms with Gasteiger partial charge >= 0.3 is 0 Å². The topological polar surface area (TPSA) is 63.2 Å². The lowest BCUT2D eigenvalue weighted by atomic mass is 10.0. The van der Waals surface area contributed by atoms with E-state index in [2.05, 4.69) is 0 Å². The third kappa shape index (κ3) is 2.78. The molecule has 20 heavy (non-hydrogen) atoms. The van der Waals surface area contributed by atoms with Crippen molar-refractivity contribution in [2.45, 2.75) is 6.92 Å². The molecule has 2 rings (SSSR count). The summed E-state index contributed by atoms with van der Waals surface area (Å²) in [6, 6.07) is 10.6. The van der Waals surface area contributed by atoms with E-state index in [1.165, 1.54) is 12.3 Å². The molecule has 1 aromatic carbocycles. The fourth-order valence-electron chi connectivity index (χ4n) is 1.81. The number of methoxy groups -OCH3 is 1. The fraction of sp³-hybridized carbons (Fsp3) is 0.125. The lowest BCUT2D eigenvalue weighted by molar-refractivity contribution is 0.103. The van der Waals surface area contributed by atoms with E-state index in [0.717, 1.165) is 5.56 Å². The van der Waals surface area contributed by atoms with E-state index >= 15 is 0 Å². The molecule has 1 heterocycles. The second kappa shape index (κ2) is 5.89. The van der Waals surface area contributed by atoms with Gasteiger partial charge in [0.15, 0.2) is 0 Å². The second-order valence-corrected chi connectivity index (χ2v) is 4.17. The van der Waals surface area contributed by atoms with Crippen LogP contribution in [-0.2, 0) is 0 Å². The molecule has 0 spiro atoms. The van der Waals surface area contributed by atoms with Crippen molar-refractivity contribution in [1.82, 2.24) is 0 Å². The summed E-state index contributed by atoms with van der Waals surface area (Å²) in [5, 5.41) is 9.17. The Balaban J connectivity index is 2.37. The number of ether oxygens (including phenoxy) is 1. The Kier molecular flexibility index (Phi) is 4.02. The maximum absolute atomic E-state index is 12.2. The molecule has 1 aromatic heterocycles. The van der Waals surface area contributed by atoms with Gasteiger partial charge in [0.25, 0.3) is 0 Å². The summed E-state index contributed by atoms with van der Waals surface area (Å²) >= 11 is 0. The van der Waals surface area contributed by atoms with E-state index in [1.54, 1.807) is 44.4 Å². The first-order chi connectivity index (χ1) is 9.65. The van der Waals surface area contributed by atoms with Crippen molar-refractivity contribution in [3.05, 3.63) is 59.1 Å². The monoisotopic (exact) mass is 267 g/mol. The van der Waals surface area contributed by atoms with Crippen LogP contribution in [0.2, 0.25) is 0 Å². The average molecular weight is 267 g/mol. The zero-order valence-electron chi connectivity index (χ0n) is 11.2. The first-order valence-corrected chi connectivity index (χ1v) is 6.00. The molecule has 0 saturated carbocycles. The van der Waals surface area contributed by atoms with Crippen molar-refractivity contribution in [2.24, 2.45) is 0 Å². The Hall–Kier alpha value is -2.80. The van der Waals surface area contributed by atoms with Crippen LogP contribution in [0.4, 0.5) is 0 Å². The van der Waals surface area contributed by atoms with E-state index in [4.69, 9.17) is 9.15 Å². The molecule has 0 atom stereocenters. The molecular weight excluding hydrogens is 254 g/mol. The Morgan fingerprint density at radius 2 is 2.20 bits per heavy atom. The normalized spacial score (nSPS) is 10.9. The number of furan rings is 1. The number of aryl methyl sites for hydroxylation is 1. The summed E-state index contributed by atoms with van der Waals surface area (Å²) in [5.74, 6) is 0.825. The number of rotatable bonds is 4. The number of benzene rings is 1. The van der Waals surface area contributed by atoms with Gasteiger partial charge < -0.3 is 9.15 Å². The Morgan fingerprint density at radius 3 is 2.80 bits per heavy atom. The van der Waals surface area contributed by atoms with Gasteiger partial charge in [0.2, 0.25) is 5.78 Å². The first-order valence-electron chi connectivity index (χ1n) is 6.00. The smallest absolute Gasteiger partial charge is 0.207 e. The van der Waals surface area contributed by atoms with Gasteiger partial charge in [-0.2, -0.15) is 5.26 Å². The number of hydrogen-bond acceptors (Lipinski definition) is 4. The Morgan fingerprint density at radius 1 is 1.40 bits per heavy atom. The molecule has 100 valence electrons. The third-order valence-corrected chi connectivity index (χ3v) is 2.87. The standard InChI is InChI=1S/C16H13NO3/c1-11-15(6-7-20-11)16(18)13(10-17)8-12-4-3-5-14(9-12)19-2/h3-9H,1-2H3/b13-8+. The number of nitriles is 1. The predicted molar refractivity (Wildman–Crippen MR) is 74.4 cm³/mol. The highest BCUT2D eigenvalue weighted by molar-refractivity contribution is 6.14. The summed E-state index contributed by atoms with van der Waals surface area (Å²) in [7, 11) is 1.56. The average Bonchev–Trinajstić information content (AvgIpc) is 2.90. The third-order valence-electron chi connectivity index (χ3n) is 2.87. The molecule has 0 radical (unpaired) electrons. The molecule has 0 saturated heterocycles. The number of allylic oxidation sites excluding steroid dienone is 1. The summed E-state index contributed by atoms with van der Waals surface area (Å²) in [4.78, 5) is 12.2. The van der Waals surface area contributed by atoms with Gasteiger partial charge in [0.05, 0.1) is 18.9 Å². The fourth-order valence-corrected chi connectivity index (χ4v) is 1.81. The van der Waals surface area contributed by atoms with Crippen LogP contribution < -0.4 is 4.74 Å². The van der Waals surface area contributed by atoms with E-state index in [1.807, 2.05) is 6.07 Å². The van der Waals surface area contributed by atoms with Gasteiger partial charge in [-0.25, -0.2) is 0 Å². The minimum Gasteiger partial charge on any atom is -0.497 e. The SMILES string of the molecule is COc1cccc(/C=C(\C#N)C(=O)c2ccoc2C)c1. The van der Waals surface area contributed by atoms with Crippen molar-refractivity contribution in [3.63, 3.8) is 0 Å². The predicted octanol–water partition coefficient (Wildman–Crippen LogP) is 3.39. The zero-order chi connectivity index (χ0) is 14.5. The van der Waals surface area contributed by atoms with Crippen molar-refractivity contribution in [2.75, 3.05) is 7.11 Å². The van der Waals surface area contributed by atoms with Gasteiger partial charge in [-0.15, -0.1) is 0 Å². The van der Waals surface area contributed by atoms with Crippen LogP contribution in [0, 0.1) is 18.3 Å². The van der Waals surface area contributed by atoms with Crippen molar-refractivity contribution < 1.29 is 13.9 Å². The molecule has 0 N–H and O–H groups in total. The number of carbonyl (C=O) groups excluding carboxylic acids is 1. The largest absolute Gasteiger partial charge is 0.497 e. The molecule has 0 unspecified atom stereocenters. The van der Waals surface area contributed by atoms with Crippen LogP contribution in [0.1, 0.15) is 21.7 Å². The lowest BCUT2D eigenvalue weighted by Gasteiger charge is -2.01. The summed E-state index contributed by atoms with van der Waals surface area (Å²) < 4.78 is 10.2. The van der Waals surface area contributed by atoms with Crippen LogP contribution in [0.25, 0.3) is 6.08 Å². The Labute approximate surface area is 116 Å². The van der Waals surface area contributed by atoms with Gasteiger partial charge in [-0.3, -0.25) is 4.79 Å². The number of carbonyl (C=O) groups is 1. The molecule has 0 amide bonds. The van der Waals surface area contributed by atoms with Crippen molar-refractivity contribution in [3.8, 4) is 11.8 Å². The summed E-state index contributed by atoms with van der Waals surface area (Å²) in [6.07, 6.45) is 2.97. The number of ketones is 1. The maximum atomic E-state index is 12.2. The van der Waals surface area contributed by atoms with Gasteiger partial charge in [0, 0.05) is 0 Å². The minimum absolute atomic E-state index is 0.0581. The highest BCUT2D eigenvalue weighted by atomic mass is 16.5. The van der Waals surface area contributed by atoms with Gasteiger partial charge in [-0.1, -0.05) is 12.1 Å². The lowest BCUT2D eigenvalue weighted by Crippen LogP contribution is -2.02. The van der Waals surface area contributed by atoms with E-state index in [9.17, 15) is 10.1 Å². The van der Waals surface area contributed by atoms with E-state index < -0.39 is 0 Å². The van der Waals surface area contributed by atoms with Gasteiger partial charge in [-0.05, 0) is 36.8 Å². The summed E-state index contributed by atoms with van der Waals surface area (Å²) in [5.41, 5.74) is 1.19.